The number of phenols is 3. The number of Topliss-reactive ketones (excluding diaryl/α,β-unsaturated/α-hetero) is 1. The van der Waals surface area contributed by atoms with Gasteiger partial charge in [0.2, 0.25) is 0 Å². The quantitative estimate of drug-likeness (QED) is 0.0863. The summed E-state index contributed by atoms with van der Waals surface area (Å²) < 4.78 is 16.0. The van der Waals surface area contributed by atoms with Gasteiger partial charge in [0.1, 0.15) is 36.8 Å². The number of carboxylic acids is 1. The van der Waals surface area contributed by atoms with Gasteiger partial charge in [0.25, 0.3) is 0 Å². The molecule has 3 rings (SSSR count). The molecule has 1 aromatic rings. The monoisotopic (exact) mass is 540 g/mol. The molecule has 7 atom stereocenters. The van der Waals surface area contributed by atoms with Crippen LogP contribution >= 0.6 is 0 Å². The van der Waals surface area contributed by atoms with E-state index >= 15 is 0 Å². The summed E-state index contributed by atoms with van der Waals surface area (Å²) in [6, 6.07) is 1.73. The Kier molecular flexibility index (Phi) is 10.1. The minimum atomic E-state index is -1.67. The number of aliphatic hydroxyl groups is 3. The molecule has 1 aromatic carbocycles. The van der Waals surface area contributed by atoms with Gasteiger partial charge in [-0.3, -0.25) is 9.59 Å². The second kappa shape index (κ2) is 13.0. The molecule has 38 heavy (non-hydrogen) atoms. The van der Waals surface area contributed by atoms with Gasteiger partial charge >= 0.3 is 11.9 Å². The van der Waals surface area contributed by atoms with Gasteiger partial charge in [0.05, 0.1) is 12.2 Å². The first-order chi connectivity index (χ1) is 18.0. The van der Waals surface area contributed by atoms with Crippen LogP contribution in [0.15, 0.2) is 24.3 Å². The van der Waals surface area contributed by atoms with E-state index in [-0.39, 0.29) is 36.2 Å². The van der Waals surface area contributed by atoms with Crippen LogP contribution in [0.3, 0.4) is 0 Å². The van der Waals surface area contributed by atoms with Gasteiger partial charge in [0.15, 0.2) is 23.5 Å². The van der Waals surface area contributed by atoms with E-state index in [4.69, 9.17) is 19.3 Å². The van der Waals surface area contributed by atoms with Crippen molar-refractivity contribution in [3.05, 3.63) is 29.8 Å². The van der Waals surface area contributed by atoms with Gasteiger partial charge in [-0.15, -0.1) is 0 Å². The Labute approximate surface area is 217 Å². The highest BCUT2D eigenvalue weighted by molar-refractivity contribution is 5.91. The van der Waals surface area contributed by atoms with Gasteiger partial charge in [0, 0.05) is 18.8 Å². The first kappa shape index (κ1) is 29.3. The first-order valence-electron chi connectivity index (χ1n) is 12.1. The predicted octanol–water partition coefficient (Wildman–Crippen LogP) is 0.191. The van der Waals surface area contributed by atoms with Crippen LogP contribution in [0.2, 0.25) is 0 Å². The molecule has 1 aliphatic carbocycles. The van der Waals surface area contributed by atoms with Gasteiger partial charge in [-0.1, -0.05) is 12.2 Å². The number of aliphatic carboxylic acids is 1. The fraction of sp³-hybridized carbons (Fsp3) is 0.560. The molecule has 13 nitrogen and oxygen atoms in total. The van der Waals surface area contributed by atoms with E-state index in [0.29, 0.717) is 25.7 Å². The van der Waals surface area contributed by atoms with Crippen LogP contribution in [0.1, 0.15) is 42.5 Å². The number of carbonyl (C=O) groups is 3. The van der Waals surface area contributed by atoms with Crippen LogP contribution in [0.25, 0.3) is 0 Å². The van der Waals surface area contributed by atoms with Crippen molar-refractivity contribution in [3.63, 3.8) is 0 Å². The van der Waals surface area contributed by atoms with Crippen molar-refractivity contribution in [2.75, 3.05) is 13.2 Å². The van der Waals surface area contributed by atoms with E-state index in [1.54, 1.807) is 12.2 Å². The van der Waals surface area contributed by atoms with E-state index < -0.39 is 66.5 Å². The van der Waals surface area contributed by atoms with E-state index in [1.807, 2.05) is 0 Å². The smallest absolute Gasteiger partial charge is 0.338 e. The number of aliphatic hydroxyl groups excluding tert-OH is 3. The number of carbonyl (C=O) groups excluding carboxylic acids is 2. The normalized spacial score (nSPS) is 29.6. The van der Waals surface area contributed by atoms with E-state index in [2.05, 4.69) is 0 Å². The predicted molar refractivity (Wildman–Crippen MR) is 126 cm³/mol. The van der Waals surface area contributed by atoms with Crippen LogP contribution in [-0.4, -0.2) is 97.4 Å². The largest absolute Gasteiger partial charge is 0.504 e. The summed E-state index contributed by atoms with van der Waals surface area (Å²) >= 11 is 0. The van der Waals surface area contributed by atoms with Crippen molar-refractivity contribution in [2.45, 2.75) is 62.8 Å². The third-order valence-electron chi connectivity index (χ3n) is 6.66. The average molecular weight is 541 g/mol. The van der Waals surface area contributed by atoms with Crippen LogP contribution in [0.4, 0.5) is 0 Å². The Morgan fingerprint density at radius 2 is 1.71 bits per heavy atom. The maximum Gasteiger partial charge on any atom is 0.338 e. The number of hydrogen-bond acceptors (Lipinski definition) is 12. The zero-order valence-corrected chi connectivity index (χ0v) is 20.4. The molecule has 0 amide bonds. The molecule has 0 aromatic heterocycles. The molecular weight excluding hydrogens is 508 g/mol. The summed E-state index contributed by atoms with van der Waals surface area (Å²) in [5.41, 5.74) is -0.295. The van der Waals surface area contributed by atoms with Crippen LogP contribution < -0.4 is 0 Å². The number of benzene rings is 1. The summed E-state index contributed by atoms with van der Waals surface area (Å²) in [6.45, 7) is -0.532. The van der Waals surface area contributed by atoms with Crippen LogP contribution in [0, 0.1) is 11.8 Å². The topological polar surface area (TPSA) is 221 Å². The van der Waals surface area contributed by atoms with E-state index in [9.17, 15) is 45.0 Å². The first-order valence-corrected chi connectivity index (χ1v) is 12.1. The van der Waals surface area contributed by atoms with Crippen molar-refractivity contribution in [2.24, 2.45) is 11.8 Å². The van der Waals surface area contributed by atoms with Gasteiger partial charge in [-0.25, -0.2) is 4.79 Å². The number of allylic oxidation sites excluding steroid dienone is 1. The highest BCUT2D eigenvalue weighted by Crippen LogP contribution is 2.36. The number of aromatic hydroxyl groups is 3. The number of hydrogen-bond donors (Lipinski definition) is 7. The molecule has 1 aliphatic heterocycles. The third-order valence-corrected chi connectivity index (χ3v) is 6.66. The molecular formula is C25H32O13. The Bertz CT molecular complexity index is 1020. The zero-order valence-electron chi connectivity index (χ0n) is 20.4. The van der Waals surface area contributed by atoms with Crippen LogP contribution in [-0.2, 0) is 23.8 Å². The molecule has 0 bridgehead atoms. The van der Waals surface area contributed by atoms with Crippen LogP contribution in [0.5, 0.6) is 17.2 Å². The molecule has 1 saturated heterocycles. The molecule has 0 radical (unpaired) electrons. The minimum absolute atomic E-state index is 0.0385. The number of phenolic OH excluding ortho intramolecular Hbond substituents is 3. The van der Waals surface area contributed by atoms with Gasteiger partial charge in [-0.2, -0.15) is 0 Å². The molecule has 2 fully saturated rings. The van der Waals surface area contributed by atoms with Gasteiger partial charge < -0.3 is 50.0 Å². The lowest BCUT2D eigenvalue weighted by atomic mass is 9.89. The average Bonchev–Trinajstić information content (AvgIpc) is 3.21. The summed E-state index contributed by atoms with van der Waals surface area (Å²) in [7, 11) is 0. The minimum Gasteiger partial charge on any atom is -0.504 e. The molecule has 1 saturated carbocycles. The van der Waals surface area contributed by atoms with E-state index in [0.717, 1.165) is 12.1 Å². The SMILES string of the molecule is O=C(O)C[C@H]1CCC(=O)[C@@H]1C/C=C\CCO[C@@H]1O[C@H](COC(=O)c2cc(O)c(O)c(O)c2)[C@@H](O)[C@H](O)[C@H]1O. The van der Waals surface area contributed by atoms with Crippen molar-refractivity contribution in [1.29, 1.82) is 0 Å². The maximum absolute atomic E-state index is 12.2. The fourth-order valence-electron chi connectivity index (χ4n) is 4.54. The molecule has 7 N–H and O–H groups in total. The lowest BCUT2D eigenvalue weighted by Crippen LogP contribution is -2.59. The highest BCUT2D eigenvalue weighted by atomic mass is 16.7. The summed E-state index contributed by atoms with van der Waals surface area (Å²) in [4.78, 5) is 35.2. The molecule has 0 spiro atoms. The summed E-state index contributed by atoms with van der Waals surface area (Å²) in [6.07, 6.45) is -2.37. The molecule has 13 heteroatoms. The fourth-order valence-corrected chi connectivity index (χ4v) is 4.54. The zero-order chi connectivity index (χ0) is 28.0. The van der Waals surface area contributed by atoms with E-state index in [1.165, 1.54) is 0 Å². The maximum atomic E-state index is 12.2. The standard InChI is InChI=1S/C25H32O13/c26-15-6-5-12(10-19(29)30)14(15)4-2-1-3-7-36-25-23(34)22(33)21(32)18(38-25)11-37-24(35)13-8-16(27)20(31)17(28)9-13/h1-2,8-9,12,14,18,21-23,25,27-28,31-34H,3-7,10-11H2,(H,29,30)/b2-1-/t12-,14-,18-,21-,22+,23-,25-/m1/s1. The second-order valence-corrected chi connectivity index (χ2v) is 9.31. The number of rotatable bonds is 11. The second-order valence-electron chi connectivity index (χ2n) is 9.31. The van der Waals surface area contributed by atoms with Gasteiger partial charge in [-0.05, 0) is 37.3 Å². The number of ketones is 1. The lowest BCUT2D eigenvalue weighted by molar-refractivity contribution is -0.300. The summed E-state index contributed by atoms with van der Waals surface area (Å²) in [5, 5.41) is 68.0. The molecule has 1 heterocycles. The van der Waals surface area contributed by atoms with Crippen molar-refractivity contribution < 1.29 is 64.3 Å². The van der Waals surface area contributed by atoms with Crippen molar-refractivity contribution in [1.82, 2.24) is 0 Å². The Morgan fingerprint density at radius 1 is 1.03 bits per heavy atom. The Balaban J connectivity index is 1.47. The number of carboxylic acid groups (broad SMARTS) is 1. The number of esters is 1. The summed E-state index contributed by atoms with van der Waals surface area (Å²) in [5.74, 6) is -4.73. The molecule has 210 valence electrons. The Morgan fingerprint density at radius 3 is 2.37 bits per heavy atom. The van der Waals surface area contributed by atoms with Crippen molar-refractivity contribution in [3.8, 4) is 17.2 Å². The highest BCUT2D eigenvalue weighted by Gasteiger charge is 2.44. The molecule has 0 unspecified atom stereocenters. The third kappa shape index (κ3) is 7.20. The molecule has 2 aliphatic rings. The van der Waals surface area contributed by atoms with Crippen molar-refractivity contribution >= 4 is 17.7 Å². The Hall–Kier alpha value is -3.23. The lowest BCUT2D eigenvalue weighted by Gasteiger charge is -2.39. The number of ether oxygens (including phenoxy) is 3.